The van der Waals surface area contributed by atoms with Crippen molar-refractivity contribution in [3.63, 3.8) is 0 Å². The lowest BCUT2D eigenvalue weighted by Gasteiger charge is -1.96. The number of thioether (sulfide) groups is 1. The maximum atomic E-state index is 6.14. The van der Waals surface area contributed by atoms with E-state index in [9.17, 15) is 0 Å². The first-order valence-corrected chi connectivity index (χ1v) is 8.31. The molecule has 0 aliphatic rings. The highest BCUT2D eigenvalue weighted by atomic mass is 35.5. The van der Waals surface area contributed by atoms with Crippen molar-refractivity contribution >= 4 is 34.4 Å². The summed E-state index contributed by atoms with van der Waals surface area (Å²) in [6.07, 6.45) is 0. The van der Waals surface area contributed by atoms with Crippen molar-refractivity contribution in [1.29, 1.82) is 0 Å². The Hall–Kier alpha value is -2.31. The van der Waals surface area contributed by atoms with Crippen molar-refractivity contribution < 1.29 is 4.52 Å². The number of imidazole rings is 1. The molecular weight excluding hydrogens is 332 g/mol. The minimum atomic E-state index is 0.496. The second-order valence-corrected chi connectivity index (χ2v) is 6.21. The number of para-hydroxylation sites is 2. The molecule has 0 aliphatic heterocycles. The third kappa shape index (κ3) is 2.95. The second kappa shape index (κ2) is 6.06. The van der Waals surface area contributed by atoms with Crippen molar-refractivity contribution in [3.8, 4) is 11.4 Å². The summed E-state index contributed by atoms with van der Waals surface area (Å²) in [5.41, 5.74) is 2.72. The van der Waals surface area contributed by atoms with E-state index >= 15 is 0 Å². The van der Waals surface area contributed by atoms with Gasteiger partial charge in [-0.1, -0.05) is 52.8 Å². The van der Waals surface area contributed by atoms with Gasteiger partial charge in [-0.05, 0) is 24.3 Å². The average Bonchev–Trinajstić information content (AvgIpc) is 3.19. The number of aromatic amines is 1. The van der Waals surface area contributed by atoms with Crippen LogP contribution in [0, 0.1) is 0 Å². The Labute approximate surface area is 141 Å². The van der Waals surface area contributed by atoms with Crippen LogP contribution in [0.4, 0.5) is 0 Å². The summed E-state index contributed by atoms with van der Waals surface area (Å²) >= 11 is 7.66. The van der Waals surface area contributed by atoms with E-state index in [0.717, 1.165) is 21.8 Å². The molecule has 0 saturated carbocycles. The first-order chi connectivity index (χ1) is 11.3. The molecule has 0 radical (unpaired) electrons. The van der Waals surface area contributed by atoms with Gasteiger partial charge in [0.1, 0.15) is 0 Å². The Bertz CT molecular complexity index is 932. The normalized spacial score (nSPS) is 11.2. The molecule has 2 aromatic carbocycles. The smallest absolute Gasteiger partial charge is 0.237 e. The molecule has 0 unspecified atom stereocenters. The van der Waals surface area contributed by atoms with E-state index in [1.807, 2.05) is 42.5 Å². The zero-order valence-electron chi connectivity index (χ0n) is 11.9. The van der Waals surface area contributed by atoms with Gasteiger partial charge >= 0.3 is 0 Å². The molecular formula is C16H11ClN4OS. The highest BCUT2D eigenvalue weighted by Crippen LogP contribution is 2.27. The molecule has 5 nitrogen and oxygen atoms in total. The molecule has 4 aromatic rings. The summed E-state index contributed by atoms with van der Waals surface area (Å²) in [4.78, 5) is 12.1. The summed E-state index contributed by atoms with van der Waals surface area (Å²) < 4.78 is 5.29. The van der Waals surface area contributed by atoms with Crippen LogP contribution < -0.4 is 0 Å². The lowest BCUT2D eigenvalue weighted by Crippen LogP contribution is -1.84. The highest BCUT2D eigenvalue weighted by molar-refractivity contribution is 7.98. The molecule has 0 amide bonds. The number of nitrogens with zero attached hydrogens (tertiary/aromatic N) is 3. The maximum Gasteiger partial charge on any atom is 0.237 e. The Kier molecular flexibility index (Phi) is 3.77. The number of hydrogen-bond acceptors (Lipinski definition) is 5. The standard InChI is InChI=1S/C16H11ClN4OS/c17-11-6-2-1-5-10(11)15-20-14(22-21-15)9-23-16-18-12-7-3-4-8-13(12)19-16/h1-8H,9H2,(H,18,19). The van der Waals surface area contributed by atoms with E-state index in [0.29, 0.717) is 22.5 Å². The Balaban J connectivity index is 1.51. The molecule has 114 valence electrons. The number of hydrogen-bond donors (Lipinski definition) is 1. The molecule has 0 aliphatic carbocycles. The Morgan fingerprint density at radius 1 is 1.04 bits per heavy atom. The number of fused-ring (bicyclic) bond motifs is 1. The topological polar surface area (TPSA) is 67.6 Å². The molecule has 0 bridgehead atoms. The second-order valence-electron chi connectivity index (χ2n) is 4.84. The molecule has 0 spiro atoms. The highest BCUT2D eigenvalue weighted by Gasteiger charge is 2.12. The monoisotopic (exact) mass is 342 g/mol. The SMILES string of the molecule is Clc1ccccc1-c1noc(CSc2nc3ccccc3[nH]2)n1. The zero-order chi connectivity index (χ0) is 15.6. The summed E-state index contributed by atoms with van der Waals surface area (Å²) in [7, 11) is 0. The maximum absolute atomic E-state index is 6.14. The van der Waals surface area contributed by atoms with Gasteiger partial charge in [-0.15, -0.1) is 0 Å². The minimum Gasteiger partial charge on any atom is -0.338 e. The van der Waals surface area contributed by atoms with E-state index in [1.54, 1.807) is 6.07 Å². The Morgan fingerprint density at radius 3 is 2.74 bits per heavy atom. The fourth-order valence-corrected chi connectivity index (χ4v) is 3.14. The van der Waals surface area contributed by atoms with Gasteiger partial charge in [-0.2, -0.15) is 4.98 Å². The first-order valence-electron chi connectivity index (χ1n) is 6.94. The molecule has 0 fully saturated rings. The minimum absolute atomic E-state index is 0.496. The lowest BCUT2D eigenvalue weighted by molar-refractivity contribution is 0.391. The number of aromatic nitrogens is 4. The summed E-state index contributed by atoms with van der Waals surface area (Å²) in [6.45, 7) is 0. The van der Waals surface area contributed by atoms with Crippen LogP contribution in [0.2, 0.25) is 5.02 Å². The van der Waals surface area contributed by atoms with Gasteiger partial charge in [0.05, 0.1) is 21.8 Å². The molecule has 4 rings (SSSR count). The van der Waals surface area contributed by atoms with Crippen molar-refractivity contribution in [3.05, 3.63) is 59.4 Å². The number of halogens is 1. The molecule has 0 saturated heterocycles. The largest absolute Gasteiger partial charge is 0.338 e. The third-order valence-electron chi connectivity index (χ3n) is 3.28. The number of nitrogens with one attached hydrogen (secondary N) is 1. The van der Waals surface area contributed by atoms with Gasteiger partial charge in [-0.3, -0.25) is 0 Å². The molecule has 0 atom stereocenters. The van der Waals surface area contributed by atoms with E-state index in [1.165, 1.54) is 11.8 Å². The van der Waals surface area contributed by atoms with Crippen LogP contribution in [0.15, 0.2) is 58.2 Å². The van der Waals surface area contributed by atoms with Crippen LogP contribution in [0.3, 0.4) is 0 Å². The van der Waals surface area contributed by atoms with Crippen LogP contribution in [-0.4, -0.2) is 20.1 Å². The van der Waals surface area contributed by atoms with Gasteiger partial charge in [-0.25, -0.2) is 4.98 Å². The van der Waals surface area contributed by atoms with E-state index in [-0.39, 0.29) is 0 Å². The van der Waals surface area contributed by atoms with Gasteiger partial charge < -0.3 is 9.51 Å². The van der Waals surface area contributed by atoms with Crippen LogP contribution in [0.25, 0.3) is 22.4 Å². The fraction of sp³-hybridized carbons (Fsp3) is 0.0625. The lowest BCUT2D eigenvalue weighted by atomic mass is 10.2. The first kappa shape index (κ1) is 14.3. The quantitative estimate of drug-likeness (QED) is 0.551. The van der Waals surface area contributed by atoms with Crippen LogP contribution in [-0.2, 0) is 5.75 Å². The van der Waals surface area contributed by atoms with Gasteiger partial charge in [0.15, 0.2) is 5.16 Å². The zero-order valence-corrected chi connectivity index (χ0v) is 13.4. The predicted molar refractivity (Wildman–Crippen MR) is 90.4 cm³/mol. The van der Waals surface area contributed by atoms with Crippen LogP contribution >= 0.6 is 23.4 Å². The molecule has 1 N–H and O–H groups in total. The van der Waals surface area contributed by atoms with Crippen molar-refractivity contribution in [2.75, 3.05) is 0 Å². The predicted octanol–water partition coefficient (Wildman–Crippen LogP) is 4.56. The summed E-state index contributed by atoms with van der Waals surface area (Å²) in [5, 5.41) is 5.41. The number of benzene rings is 2. The van der Waals surface area contributed by atoms with Gasteiger partial charge in [0.2, 0.25) is 11.7 Å². The van der Waals surface area contributed by atoms with Crippen LogP contribution in [0.5, 0.6) is 0 Å². The van der Waals surface area contributed by atoms with Crippen molar-refractivity contribution in [2.45, 2.75) is 10.9 Å². The molecule has 23 heavy (non-hydrogen) atoms. The average molecular weight is 343 g/mol. The van der Waals surface area contributed by atoms with Gasteiger partial charge in [0.25, 0.3) is 0 Å². The number of H-pyrrole nitrogens is 1. The summed E-state index contributed by atoms with van der Waals surface area (Å²) in [6, 6.07) is 15.3. The van der Waals surface area contributed by atoms with Crippen molar-refractivity contribution in [1.82, 2.24) is 20.1 Å². The fourth-order valence-electron chi connectivity index (χ4n) is 2.19. The molecule has 2 aromatic heterocycles. The van der Waals surface area contributed by atoms with Crippen molar-refractivity contribution in [2.24, 2.45) is 0 Å². The molecule has 7 heteroatoms. The van der Waals surface area contributed by atoms with E-state index in [4.69, 9.17) is 16.1 Å². The van der Waals surface area contributed by atoms with Crippen LogP contribution in [0.1, 0.15) is 5.89 Å². The van der Waals surface area contributed by atoms with E-state index < -0.39 is 0 Å². The van der Waals surface area contributed by atoms with E-state index in [2.05, 4.69) is 20.1 Å². The van der Waals surface area contributed by atoms with Gasteiger partial charge in [0, 0.05) is 5.56 Å². The molecule has 2 heterocycles. The Morgan fingerprint density at radius 2 is 1.87 bits per heavy atom. The summed E-state index contributed by atoms with van der Waals surface area (Å²) in [5.74, 6) is 1.57. The number of rotatable bonds is 4. The third-order valence-corrected chi connectivity index (χ3v) is 4.47.